The molecule has 0 unspecified atom stereocenters. The predicted molar refractivity (Wildman–Crippen MR) is 104 cm³/mol. The Bertz CT molecular complexity index is 894. The number of ketones is 1. The maximum atomic E-state index is 12.5. The Morgan fingerprint density at radius 2 is 1.81 bits per heavy atom. The second kappa shape index (κ2) is 6.31. The van der Waals surface area contributed by atoms with Crippen molar-refractivity contribution in [2.24, 2.45) is 0 Å². The van der Waals surface area contributed by atoms with Crippen LogP contribution in [0.25, 0.3) is 10.8 Å². The van der Waals surface area contributed by atoms with Crippen molar-refractivity contribution >= 4 is 28.3 Å². The molecule has 0 N–H and O–H groups in total. The summed E-state index contributed by atoms with van der Waals surface area (Å²) in [6.45, 7) is 8.02. The lowest BCUT2D eigenvalue weighted by Gasteiger charge is -2.24. The minimum absolute atomic E-state index is 0.0220. The molecule has 3 rings (SSSR count). The SMILES string of the molecule is CC(=O)c1c2c(cc3c(N(C)C)cccc13)CN(C(=O)OC(C)(C)C)C2. The highest BCUT2D eigenvalue weighted by atomic mass is 16.6. The highest BCUT2D eigenvalue weighted by Crippen LogP contribution is 2.37. The molecule has 0 spiro atoms. The molecule has 0 aromatic heterocycles. The number of carbonyl (C=O) groups is 2. The molecule has 0 saturated carbocycles. The molecule has 5 nitrogen and oxygen atoms in total. The van der Waals surface area contributed by atoms with Crippen molar-refractivity contribution in [1.29, 1.82) is 0 Å². The largest absolute Gasteiger partial charge is 0.444 e. The van der Waals surface area contributed by atoms with E-state index in [2.05, 4.69) is 6.07 Å². The molecule has 0 saturated heterocycles. The van der Waals surface area contributed by atoms with Gasteiger partial charge in [0.2, 0.25) is 0 Å². The Balaban J connectivity index is 2.11. The zero-order valence-corrected chi connectivity index (χ0v) is 16.3. The number of carbonyl (C=O) groups excluding carboxylic acids is 2. The molecule has 0 atom stereocenters. The summed E-state index contributed by atoms with van der Waals surface area (Å²) in [5.41, 5.74) is 3.18. The van der Waals surface area contributed by atoms with E-state index in [1.165, 1.54) is 0 Å². The van der Waals surface area contributed by atoms with Crippen LogP contribution in [0.5, 0.6) is 0 Å². The van der Waals surface area contributed by atoms with E-state index in [1.54, 1.807) is 11.8 Å². The fourth-order valence-electron chi connectivity index (χ4n) is 3.53. The van der Waals surface area contributed by atoms with Crippen LogP contribution in [0, 0.1) is 0 Å². The molecular formula is C21H26N2O3. The van der Waals surface area contributed by atoms with Crippen LogP contribution < -0.4 is 4.90 Å². The van der Waals surface area contributed by atoms with Gasteiger partial charge in [0.15, 0.2) is 5.78 Å². The topological polar surface area (TPSA) is 49.9 Å². The highest BCUT2D eigenvalue weighted by Gasteiger charge is 2.31. The van der Waals surface area contributed by atoms with Crippen LogP contribution in [0.1, 0.15) is 49.2 Å². The number of Topliss-reactive ketones (excluding diaryl/α,β-unsaturated/α-hetero) is 1. The molecule has 2 aromatic rings. The van der Waals surface area contributed by atoms with Crippen molar-refractivity contribution in [3.05, 3.63) is 41.0 Å². The van der Waals surface area contributed by atoms with Crippen LogP contribution in [-0.4, -0.2) is 36.5 Å². The van der Waals surface area contributed by atoms with Gasteiger partial charge in [-0.2, -0.15) is 0 Å². The van der Waals surface area contributed by atoms with Crippen LogP contribution in [0.2, 0.25) is 0 Å². The van der Waals surface area contributed by atoms with Crippen LogP contribution in [-0.2, 0) is 17.8 Å². The molecule has 0 fully saturated rings. The van der Waals surface area contributed by atoms with Crippen molar-refractivity contribution < 1.29 is 14.3 Å². The van der Waals surface area contributed by atoms with Crippen molar-refractivity contribution in [3.63, 3.8) is 0 Å². The number of ether oxygens (including phenoxy) is 1. The van der Waals surface area contributed by atoms with Gasteiger partial charge >= 0.3 is 6.09 Å². The van der Waals surface area contributed by atoms with E-state index in [-0.39, 0.29) is 11.9 Å². The predicted octanol–water partition coefficient (Wildman–Crippen LogP) is 4.36. The number of hydrogen-bond donors (Lipinski definition) is 0. The average molecular weight is 354 g/mol. The number of hydrogen-bond acceptors (Lipinski definition) is 4. The third kappa shape index (κ3) is 3.26. The molecule has 26 heavy (non-hydrogen) atoms. The zero-order valence-electron chi connectivity index (χ0n) is 16.3. The van der Waals surface area contributed by atoms with Crippen LogP contribution in [0.15, 0.2) is 24.3 Å². The van der Waals surface area contributed by atoms with Gasteiger partial charge in [-0.1, -0.05) is 12.1 Å². The highest BCUT2D eigenvalue weighted by molar-refractivity contribution is 6.11. The third-order valence-electron chi connectivity index (χ3n) is 4.56. The smallest absolute Gasteiger partial charge is 0.410 e. The summed E-state index contributed by atoms with van der Waals surface area (Å²) < 4.78 is 5.51. The summed E-state index contributed by atoms with van der Waals surface area (Å²) in [7, 11) is 3.98. The lowest BCUT2D eigenvalue weighted by atomic mass is 9.92. The number of benzene rings is 2. The van der Waals surface area contributed by atoms with Gasteiger partial charge in [-0.3, -0.25) is 9.69 Å². The van der Waals surface area contributed by atoms with Gasteiger partial charge in [0.1, 0.15) is 5.60 Å². The molecular weight excluding hydrogens is 328 g/mol. The molecule has 5 heteroatoms. The Labute approximate surface area is 154 Å². The van der Waals surface area contributed by atoms with E-state index in [1.807, 2.05) is 58.0 Å². The van der Waals surface area contributed by atoms with E-state index in [0.29, 0.717) is 18.7 Å². The minimum Gasteiger partial charge on any atom is -0.444 e. The van der Waals surface area contributed by atoms with Crippen LogP contribution in [0.4, 0.5) is 10.5 Å². The first-order chi connectivity index (χ1) is 12.1. The summed E-state index contributed by atoms with van der Waals surface area (Å²) in [6, 6.07) is 8.10. The van der Waals surface area contributed by atoms with Gasteiger partial charge < -0.3 is 9.64 Å². The first-order valence-electron chi connectivity index (χ1n) is 8.82. The molecule has 1 amide bonds. The lowest BCUT2D eigenvalue weighted by molar-refractivity contribution is 0.0241. The second-order valence-corrected chi connectivity index (χ2v) is 8.05. The van der Waals surface area contributed by atoms with Crippen molar-refractivity contribution in [2.75, 3.05) is 19.0 Å². The zero-order chi connectivity index (χ0) is 19.2. The Morgan fingerprint density at radius 1 is 1.12 bits per heavy atom. The molecule has 2 aromatic carbocycles. The standard InChI is InChI=1S/C21H26N2O3/c1-13(24)19-15-8-7-9-18(22(5)6)16(15)10-14-11-23(12-17(14)19)20(25)26-21(2,3)4/h7-10H,11-12H2,1-6H3. The summed E-state index contributed by atoms with van der Waals surface area (Å²) in [4.78, 5) is 28.7. The summed E-state index contributed by atoms with van der Waals surface area (Å²) in [6.07, 6.45) is -0.347. The first-order valence-corrected chi connectivity index (χ1v) is 8.82. The van der Waals surface area contributed by atoms with Crippen molar-refractivity contribution in [3.8, 4) is 0 Å². The molecule has 0 bridgehead atoms. The normalized spacial score (nSPS) is 13.7. The van der Waals surface area contributed by atoms with Gasteiger partial charge in [-0.15, -0.1) is 0 Å². The van der Waals surface area contributed by atoms with Crippen molar-refractivity contribution in [1.82, 2.24) is 4.90 Å². The molecule has 0 radical (unpaired) electrons. The summed E-state index contributed by atoms with van der Waals surface area (Å²) in [5.74, 6) is 0.0220. The van der Waals surface area contributed by atoms with Crippen molar-refractivity contribution in [2.45, 2.75) is 46.4 Å². The van der Waals surface area contributed by atoms with E-state index in [4.69, 9.17) is 4.74 Å². The Hall–Kier alpha value is -2.56. The number of rotatable bonds is 2. The van der Waals surface area contributed by atoms with Gasteiger partial charge in [0, 0.05) is 37.3 Å². The second-order valence-electron chi connectivity index (χ2n) is 8.05. The molecule has 1 aliphatic rings. The number of fused-ring (bicyclic) bond motifs is 2. The average Bonchev–Trinajstić information content (AvgIpc) is 2.93. The fraction of sp³-hybridized carbons (Fsp3) is 0.429. The fourth-order valence-corrected chi connectivity index (χ4v) is 3.53. The molecule has 1 aliphatic heterocycles. The molecule has 0 aliphatic carbocycles. The van der Waals surface area contributed by atoms with Gasteiger partial charge in [-0.05, 0) is 56.3 Å². The maximum absolute atomic E-state index is 12.5. The first kappa shape index (κ1) is 18.2. The minimum atomic E-state index is -0.544. The Kier molecular flexibility index (Phi) is 4.42. The van der Waals surface area contributed by atoms with Gasteiger partial charge in [0.05, 0.1) is 6.54 Å². The maximum Gasteiger partial charge on any atom is 0.410 e. The quantitative estimate of drug-likeness (QED) is 0.752. The lowest BCUT2D eigenvalue weighted by Crippen LogP contribution is -2.33. The molecule has 138 valence electrons. The van der Waals surface area contributed by atoms with Crippen LogP contribution in [0.3, 0.4) is 0 Å². The van der Waals surface area contributed by atoms with Gasteiger partial charge in [-0.25, -0.2) is 4.79 Å². The van der Waals surface area contributed by atoms with E-state index in [9.17, 15) is 9.59 Å². The number of anilines is 1. The summed E-state index contributed by atoms with van der Waals surface area (Å²) >= 11 is 0. The van der Waals surface area contributed by atoms with Gasteiger partial charge in [0.25, 0.3) is 0 Å². The molecule has 1 heterocycles. The Morgan fingerprint density at radius 3 is 2.38 bits per heavy atom. The van der Waals surface area contributed by atoms with E-state index >= 15 is 0 Å². The monoisotopic (exact) mass is 354 g/mol. The van der Waals surface area contributed by atoms with E-state index in [0.717, 1.165) is 27.6 Å². The van der Waals surface area contributed by atoms with E-state index < -0.39 is 5.60 Å². The third-order valence-corrected chi connectivity index (χ3v) is 4.56. The number of amides is 1. The summed E-state index contributed by atoms with van der Waals surface area (Å²) in [5, 5.41) is 1.97. The van der Waals surface area contributed by atoms with Crippen LogP contribution >= 0.6 is 0 Å². The number of nitrogens with zero attached hydrogens (tertiary/aromatic N) is 2.